The first kappa shape index (κ1) is 36.8. The SMILES string of the molecule is Cc1cc2c3c(c1)N(c1c4c(cc5c1CCCC5)CCCC4)c1cc(C(C)(C)C)ccc1B3c1ccc(C(C)(C)C)cc1N2c1c2c(cc3c1CCCC3)CCCC2. The zero-order valence-electron chi connectivity index (χ0n) is 36.6. The summed E-state index contributed by atoms with van der Waals surface area (Å²) in [7, 11) is 0. The van der Waals surface area contributed by atoms with Crippen LogP contribution in [0.3, 0.4) is 0 Å². The molecular formula is C55H63BN2. The maximum Gasteiger partial charge on any atom is 0.252 e. The summed E-state index contributed by atoms with van der Waals surface area (Å²) in [4.78, 5) is 5.73. The van der Waals surface area contributed by atoms with Crippen molar-refractivity contribution in [1.82, 2.24) is 0 Å². The second-order valence-electron chi connectivity index (χ2n) is 21.2. The van der Waals surface area contributed by atoms with Crippen LogP contribution in [0.5, 0.6) is 0 Å². The van der Waals surface area contributed by atoms with E-state index in [1.807, 2.05) is 0 Å². The van der Waals surface area contributed by atoms with Crippen molar-refractivity contribution in [3.63, 3.8) is 0 Å². The van der Waals surface area contributed by atoms with Gasteiger partial charge >= 0.3 is 0 Å². The molecule has 11 rings (SSSR count). The normalized spacial score (nSPS) is 18.1. The molecule has 0 amide bonds. The lowest BCUT2D eigenvalue weighted by Gasteiger charge is -2.47. The molecule has 5 aromatic rings. The molecule has 5 aromatic carbocycles. The van der Waals surface area contributed by atoms with Gasteiger partial charge in [-0.2, -0.15) is 0 Å². The molecule has 2 nitrogen and oxygen atoms in total. The lowest BCUT2D eigenvalue weighted by molar-refractivity contribution is 0.590. The van der Waals surface area contributed by atoms with Crippen LogP contribution in [-0.4, -0.2) is 6.71 Å². The summed E-state index contributed by atoms with van der Waals surface area (Å²) in [6, 6.07) is 25.8. The Morgan fingerprint density at radius 1 is 0.414 bits per heavy atom. The van der Waals surface area contributed by atoms with Crippen LogP contribution in [0.1, 0.15) is 154 Å². The summed E-state index contributed by atoms with van der Waals surface area (Å²) in [5, 5.41) is 0. The minimum Gasteiger partial charge on any atom is -0.311 e. The van der Waals surface area contributed by atoms with E-state index in [2.05, 4.69) is 119 Å². The van der Waals surface area contributed by atoms with Gasteiger partial charge in [0.2, 0.25) is 0 Å². The van der Waals surface area contributed by atoms with Gasteiger partial charge in [0.1, 0.15) is 0 Å². The highest BCUT2D eigenvalue weighted by Crippen LogP contribution is 2.52. The number of nitrogens with zero attached hydrogens (tertiary/aromatic N) is 2. The molecule has 58 heavy (non-hydrogen) atoms. The quantitative estimate of drug-likeness (QED) is 0.162. The van der Waals surface area contributed by atoms with Gasteiger partial charge in [0.15, 0.2) is 0 Å². The van der Waals surface area contributed by atoms with Gasteiger partial charge in [0.05, 0.1) is 11.4 Å². The van der Waals surface area contributed by atoms with E-state index in [-0.39, 0.29) is 17.5 Å². The van der Waals surface area contributed by atoms with Crippen molar-refractivity contribution in [3.05, 3.63) is 122 Å². The molecule has 0 spiro atoms. The maximum absolute atomic E-state index is 2.86. The van der Waals surface area contributed by atoms with Crippen LogP contribution in [0.4, 0.5) is 34.1 Å². The molecule has 0 unspecified atom stereocenters. The molecule has 0 bridgehead atoms. The Labute approximate surface area is 349 Å². The molecule has 296 valence electrons. The van der Waals surface area contributed by atoms with E-state index in [0.29, 0.717) is 0 Å². The molecule has 6 aliphatic rings. The predicted molar refractivity (Wildman–Crippen MR) is 249 cm³/mol. The summed E-state index contributed by atoms with van der Waals surface area (Å²) in [6.45, 7) is 16.9. The molecule has 0 aromatic heterocycles. The van der Waals surface area contributed by atoms with Gasteiger partial charge in [-0.25, -0.2) is 0 Å². The van der Waals surface area contributed by atoms with E-state index >= 15 is 0 Å². The topological polar surface area (TPSA) is 6.48 Å². The first-order chi connectivity index (χ1) is 28.0. The van der Waals surface area contributed by atoms with Crippen LogP contribution in [0.15, 0.2) is 60.7 Å². The summed E-state index contributed by atoms with van der Waals surface area (Å²) in [6.07, 6.45) is 20.0. The molecule has 2 aliphatic heterocycles. The number of aryl methyl sites for hydroxylation is 5. The van der Waals surface area contributed by atoms with Crippen LogP contribution in [-0.2, 0) is 62.2 Å². The highest BCUT2D eigenvalue weighted by molar-refractivity contribution is 7.00. The van der Waals surface area contributed by atoms with Crippen molar-refractivity contribution < 1.29 is 0 Å². The van der Waals surface area contributed by atoms with Crippen LogP contribution in [0.2, 0.25) is 0 Å². The van der Waals surface area contributed by atoms with Gasteiger partial charge in [-0.3, -0.25) is 0 Å². The van der Waals surface area contributed by atoms with Crippen molar-refractivity contribution in [2.75, 3.05) is 9.80 Å². The summed E-state index contributed by atoms with van der Waals surface area (Å²) >= 11 is 0. The van der Waals surface area contributed by atoms with Crippen LogP contribution in [0.25, 0.3) is 0 Å². The Kier molecular flexibility index (Phi) is 8.50. The zero-order chi connectivity index (χ0) is 39.7. The van der Waals surface area contributed by atoms with Gasteiger partial charge in [0.25, 0.3) is 6.71 Å². The molecule has 0 radical (unpaired) electrons. The molecule has 0 fully saturated rings. The fourth-order valence-electron chi connectivity index (χ4n) is 12.3. The molecule has 3 heteroatoms. The average molecular weight is 763 g/mol. The minimum atomic E-state index is 0.0443. The molecule has 4 aliphatic carbocycles. The van der Waals surface area contributed by atoms with Crippen molar-refractivity contribution >= 4 is 57.2 Å². The monoisotopic (exact) mass is 763 g/mol. The lowest BCUT2D eigenvalue weighted by Crippen LogP contribution is -2.61. The van der Waals surface area contributed by atoms with E-state index in [1.165, 1.54) is 159 Å². The third kappa shape index (κ3) is 5.64. The Balaban J connectivity index is 1.27. The number of fused-ring (bicyclic) bond motifs is 8. The Hall–Kier alpha value is -4.24. The van der Waals surface area contributed by atoms with Crippen LogP contribution < -0.4 is 26.2 Å². The van der Waals surface area contributed by atoms with E-state index < -0.39 is 0 Å². The van der Waals surface area contributed by atoms with Gasteiger partial charge in [-0.05, 0) is 222 Å². The third-order valence-electron chi connectivity index (χ3n) is 15.3. The Morgan fingerprint density at radius 3 is 1.10 bits per heavy atom. The Bertz CT molecular complexity index is 2290. The second kappa shape index (κ2) is 13.4. The van der Waals surface area contributed by atoms with Gasteiger partial charge in [-0.15, -0.1) is 0 Å². The van der Waals surface area contributed by atoms with Gasteiger partial charge in [-0.1, -0.05) is 77.9 Å². The first-order valence-electron chi connectivity index (χ1n) is 23.3. The zero-order valence-corrected chi connectivity index (χ0v) is 36.6. The van der Waals surface area contributed by atoms with E-state index in [9.17, 15) is 0 Å². The smallest absolute Gasteiger partial charge is 0.252 e. The van der Waals surface area contributed by atoms with Crippen molar-refractivity contribution in [2.24, 2.45) is 0 Å². The highest BCUT2D eigenvalue weighted by Gasteiger charge is 2.46. The van der Waals surface area contributed by atoms with E-state index in [4.69, 9.17) is 0 Å². The fraction of sp³-hybridized carbons (Fsp3) is 0.455. The van der Waals surface area contributed by atoms with Crippen molar-refractivity contribution in [3.8, 4) is 0 Å². The van der Waals surface area contributed by atoms with E-state index in [0.717, 1.165) is 0 Å². The lowest BCUT2D eigenvalue weighted by atomic mass is 9.33. The summed E-state index contributed by atoms with van der Waals surface area (Å²) in [5.74, 6) is 0. The average Bonchev–Trinajstić information content (AvgIpc) is 3.21. The van der Waals surface area contributed by atoms with Crippen molar-refractivity contribution in [1.29, 1.82) is 0 Å². The second-order valence-corrected chi connectivity index (χ2v) is 21.2. The molecule has 0 saturated carbocycles. The van der Waals surface area contributed by atoms with E-state index in [1.54, 1.807) is 55.9 Å². The highest BCUT2D eigenvalue weighted by atomic mass is 15.2. The standard InChI is InChI=1S/C55H63BN2/c1-34-28-49-51-50(29-34)58(53-43-22-14-10-18-37(43)31-38-19-11-15-23-44(38)53)48-33-40(55(5,6)7)25-27-46(48)56(51)45-26-24-39(54(2,3)4)32-47(45)57(49)52-41-20-12-8-16-35(41)30-36-17-9-13-21-42(36)52/h24-33H,8-23H2,1-7H3. The third-order valence-corrected chi connectivity index (χ3v) is 15.3. The predicted octanol–water partition coefficient (Wildman–Crippen LogP) is 12.2. The summed E-state index contributed by atoms with van der Waals surface area (Å²) in [5.41, 5.74) is 30.7. The molecule has 0 saturated heterocycles. The molecular weight excluding hydrogens is 699 g/mol. The largest absolute Gasteiger partial charge is 0.311 e. The number of hydrogen-bond donors (Lipinski definition) is 0. The molecule has 0 atom stereocenters. The first-order valence-corrected chi connectivity index (χ1v) is 23.3. The number of anilines is 6. The van der Waals surface area contributed by atoms with Crippen LogP contribution in [0, 0.1) is 6.92 Å². The van der Waals surface area contributed by atoms with Crippen molar-refractivity contribution in [2.45, 2.75) is 162 Å². The van der Waals surface area contributed by atoms with Crippen LogP contribution >= 0.6 is 0 Å². The molecule has 0 N–H and O–H groups in total. The minimum absolute atomic E-state index is 0.0443. The number of rotatable bonds is 2. The fourth-order valence-corrected chi connectivity index (χ4v) is 12.3. The number of hydrogen-bond acceptors (Lipinski definition) is 2. The van der Waals surface area contributed by atoms with Gasteiger partial charge < -0.3 is 9.80 Å². The molecule has 2 heterocycles. The van der Waals surface area contributed by atoms with Gasteiger partial charge in [0, 0.05) is 22.7 Å². The summed E-state index contributed by atoms with van der Waals surface area (Å²) < 4.78 is 0. The number of benzene rings is 5. The maximum atomic E-state index is 2.86. The Morgan fingerprint density at radius 2 is 0.759 bits per heavy atom.